The first-order chi connectivity index (χ1) is 13.3. The van der Waals surface area contributed by atoms with Crippen molar-refractivity contribution in [1.29, 1.82) is 0 Å². The van der Waals surface area contributed by atoms with Crippen LogP contribution in [0.25, 0.3) is 0 Å². The molecule has 6 nitrogen and oxygen atoms in total. The molecule has 8 heteroatoms. The number of carbonyl (C=O) groups excluding carboxylic acids is 2. The second-order valence-corrected chi connectivity index (χ2v) is 6.29. The lowest BCUT2D eigenvalue weighted by Gasteiger charge is -2.18. The third kappa shape index (κ3) is 6.22. The van der Waals surface area contributed by atoms with Gasteiger partial charge in [0.05, 0.1) is 5.56 Å². The van der Waals surface area contributed by atoms with Crippen LogP contribution in [-0.2, 0) is 16.1 Å². The second kappa shape index (κ2) is 9.68. The number of alkyl halides is 2. The molecule has 0 radical (unpaired) electrons. The topological polar surface area (TPSA) is 59.1 Å². The normalized spacial score (nSPS) is 10.5. The summed E-state index contributed by atoms with van der Waals surface area (Å²) in [5.74, 6) is -1.15. The number of likely N-dealkylation sites (N-methyl/N-ethyl adjacent to an activating group) is 1. The van der Waals surface area contributed by atoms with Crippen molar-refractivity contribution in [1.82, 2.24) is 4.90 Å². The van der Waals surface area contributed by atoms with Gasteiger partial charge in [0.1, 0.15) is 5.75 Å². The summed E-state index contributed by atoms with van der Waals surface area (Å²) in [4.78, 5) is 27.6. The molecule has 0 bridgehead atoms. The number of amides is 1. The lowest BCUT2D eigenvalue weighted by atomic mass is 10.2. The number of hydrogen-bond donors (Lipinski definition) is 0. The Morgan fingerprint density at radius 2 is 1.57 bits per heavy atom. The number of carbonyl (C=O) groups is 2. The van der Waals surface area contributed by atoms with Gasteiger partial charge in [-0.3, -0.25) is 4.79 Å². The first-order valence-electron chi connectivity index (χ1n) is 8.48. The Labute approximate surface area is 162 Å². The van der Waals surface area contributed by atoms with E-state index < -0.39 is 19.2 Å². The Hall–Kier alpha value is -3.16. The fourth-order valence-electron chi connectivity index (χ4n) is 2.35. The van der Waals surface area contributed by atoms with E-state index in [9.17, 15) is 18.4 Å². The molecule has 0 heterocycles. The Kier molecular flexibility index (Phi) is 7.31. The maximum Gasteiger partial charge on any atom is 0.387 e. The molecule has 150 valence electrons. The Bertz CT molecular complexity index is 793. The summed E-state index contributed by atoms with van der Waals surface area (Å²) in [6.45, 7) is -2.98. The summed E-state index contributed by atoms with van der Waals surface area (Å²) < 4.78 is 33.4. The fraction of sp³-hybridized carbons (Fsp3) is 0.300. The number of hydrogen-bond acceptors (Lipinski definition) is 5. The van der Waals surface area contributed by atoms with E-state index in [0.717, 1.165) is 11.3 Å². The molecule has 0 saturated heterocycles. The summed E-state index contributed by atoms with van der Waals surface area (Å²) >= 11 is 0. The van der Waals surface area contributed by atoms with Gasteiger partial charge >= 0.3 is 12.6 Å². The fourth-order valence-corrected chi connectivity index (χ4v) is 2.35. The molecule has 0 aliphatic heterocycles. The molecular weight excluding hydrogens is 370 g/mol. The maximum atomic E-state index is 12.2. The third-order valence-corrected chi connectivity index (χ3v) is 3.94. The lowest BCUT2D eigenvalue weighted by molar-refractivity contribution is -0.133. The van der Waals surface area contributed by atoms with Crippen LogP contribution in [0.5, 0.6) is 5.75 Å². The van der Waals surface area contributed by atoms with Crippen LogP contribution < -0.4 is 9.64 Å². The van der Waals surface area contributed by atoms with E-state index in [4.69, 9.17) is 4.74 Å². The predicted octanol–water partition coefficient (Wildman–Crippen LogP) is 3.17. The molecule has 0 atom stereocenters. The minimum Gasteiger partial charge on any atom is -0.452 e. The Morgan fingerprint density at radius 1 is 0.964 bits per heavy atom. The van der Waals surface area contributed by atoms with Crippen LogP contribution in [0.1, 0.15) is 15.9 Å². The molecule has 0 spiro atoms. The molecule has 0 unspecified atom stereocenters. The second-order valence-electron chi connectivity index (χ2n) is 6.29. The van der Waals surface area contributed by atoms with E-state index >= 15 is 0 Å². The standard InChI is InChI=1S/C20H22F2N2O4/c1-23(2)16-8-4-14(5-9-16)12-24(3)18(25)13-27-19(26)15-6-10-17(11-7-15)28-20(21)22/h4-11,20H,12-13H2,1-3H3. The number of nitrogens with zero attached hydrogens (tertiary/aromatic N) is 2. The minimum absolute atomic E-state index is 0.0670. The molecule has 0 aliphatic carbocycles. The molecule has 2 aromatic rings. The molecular formula is C20H22F2N2O4. The van der Waals surface area contributed by atoms with Crippen LogP contribution in [0.4, 0.5) is 14.5 Å². The van der Waals surface area contributed by atoms with Gasteiger partial charge in [0.2, 0.25) is 0 Å². The van der Waals surface area contributed by atoms with Crippen molar-refractivity contribution in [3.8, 4) is 5.75 Å². The van der Waals surface area contributed by atoms with E-state index in [1.54, 1.807) is 7.05 Å². The molecule has 0 aromatic heterocycles. The van der Waals surface area contributed by atoms with Gasteiger partial charge in [0.15, 0.2) is 6.61 Å². The smallest absolute Gasteiger partial charge is 0.387 e. The van der Waals surface area contributed by atoms with Crippen LogP contribution in [0.3, 0.4) is 0 Å². The number of anilines is 1. The summed E-state index contributed by atoms with van der Waals surface area (Å²) in [6, 6.07) is 12.8. The zero-order valence-electron chi connectivity index (χ0n) is 15.9. The molecule has 0 saturated carbocycles. The molecule has 28 heavy (non-hydrogen) atoms. The van der Waals surface area contributed by atoms with Crippen LogP contribution in [0.2, 0.25) is 0 Å². The van der Waals surface area contributed by atoms with E-state index in [0.29, 0.717) is 6.54 Å². The summed E-state index contributed by atoms with van der Waals surface area (Å²) in [5.41, 5.74) is 2.13. The average Bonchev–Trinajstić information content (AvgIpc) is 2.66. The van der Waals surface area contributed by atoms with Crippen molar-refractivity contribution in [2.75, 3.05) is 32.6 Å². The monoisotopic (exact) mass is 392 g/mol. The quantitative estimate of drug-likeness (QED) is 0.646. The number of rotatable bonds is 8. The van der Waals surface area contributed by atoms with Gasteiger partial charge < -0.3 is 19.3 Å². The first kappa shape index (κ1) is 21.1. The SMILES string of the molecule is CN(Cc1ccc(N(C)C)cc1)C(=O)COC(=O)c1ccc(OC(F)F)cc1. The van der Waals surface area contributed by atoms with Gasteiger partial charge in [0.25, 0.3) is 5.91 Å². The molecule has 0 aliphatic rings. The molecule has 2 aromatic carbocycles. The summed E-state index contributed by atoms with van der Waals surface area (Å²) in [5, 5.41) is 0. The van der Waals surface area contributed by atoms with Crippen molar-refractivity contribution < 1.29 is 27.8 Å². The number of halogens is 2. The molecule has 1 amide bonds. The van der Waals surface area contributed by atoms with Gasteiger partial charge in [-0.2, -0.15) is 8.78 Å². The Balaban J connectivity index is 1.84. The molecule has 0 N–H and O–H groups in total. The van der Waals surface area contributed by atoms with Crippen LogP contribution in [0, 0.1) is 0 Å². The zero-order valence-corrected chi connectivity index (χ0v) is 15.9. The third-order valence-electron chi connectivity index (χ3n) is 3.94. The van der Waals surface area contributed by atoms with Gasteiger partial charge in [-0.15, -0.1) is 0 Å². The van der Waals surface area contributed by atoms with Crippen molar-refractivity contribution in [3.63, 3.8) is 0 Å². The number of esters is 1. The van der Waals surface area contributed by atoms with Crippen LogP contribution in [-0.4, -0.2) is 51.1 Å². The van der Waals surface area contributed by atoms with Gasteiger partial charge in [-0.05, 0) is 42.0 Å². The highest BCUT2D eigenvalue weighted by atomic mass is 19.3. The Morgan fingerprint density at radius 3 is 2.11 bits per heavy atom. The average molecular weight is 392 g/mol. The van der Waals surface area contributed by atoms with E-state index in [1.807, 2.05) is 43.3 Å². The largest absolute Gasteiger partial charge is 0.452 e. The lowest BCUT2D eigenvalue weighted by Crippen LogP contribution is -2.30. The van der Waals surface area contributed by atoms with Crippen LogP contribution >= 0.6 is 0 Å². The summed E-state index contributed by atoms with van der Waals surface area (Å²) in [7, 11) is 5.50. The van der Waals surface area contributed by atoms with Crippen molar-refractivity contribution >= 4 is 17.6 Å². The van der Waals surface area contributed by atoms with E-state index in [2.05, 4.69) is 4.74 Å². The molecule has 0 fully saturated rings. The van der Waals surface area contributed by atoms with Gasteiger partial charge in [0, 0.05) is 33.4 Å². The highest BCUT2D eigenvalue weighted by Crippen LogP contribution is 2.16. The highest BCUT2D eigenvalue weighted by Gasteiger charge is 2.14. The van der Waals surface area contributed by atoms with Crippen molar-refractivity contribution in [2.45, 2.75) is 13.2 Å². The van der Waals surface area contributed by atoms with Crippen LogP contribution in [0.15, 0.2) is 48.5 Å². The molecule has 2 rings (SSSR count). The number of ether oxygens (including phenoxy) is 2. The van der Waals surface area contributed by atoms with E-state index in [-0.39, 0.29) is 17.2 Å². The predicted molar refractivity (Wildman–Crippen MR) is 101 cm³/mol. The highest BCUT2D eigenvalue weighted by molar-refractivity contribution is 5.91. The van der Waals surface area contributed by atoms with Crippen molar-refractivity contribution in [2.24, 2.45) is 0 Å². The number of benzene rings is 2. The minimum atomic E-state index is -2.94. The first-order valence-corrected chi connectivity index (χ1v) is 8.48. The van der Waals surface area contributed by atoms with Gasteiger partial charge in [-0.1, -0.05) is 12.1 Å². The van der Waals surface area contributed by atoms with Gasteiger partial charge in [-0.25, -0.2) is 4.79 Å². The van der Waals surface area contributed by atoms with E-state index in [1.165, 1.54) is 29.2 Å². The summed E-state index contributed by atoms with van der Waals surface area (Å²) in [6.07, 6.45) is 0. The van der Waals surface area contributed by atoms with Crippen molar-refractivity contribution in [3.05, 3.63) is 59.7 Å². The zero-order chi connectivity index (χ0) is 20.7. The maximum absolute atomic E-state index is 12.2.